The van der Waals surface area contributed by atoms with Gasteiger partial charge >= 0.3 is 0 Å². The molecule has 0 bridgehead atoms. The molecule has 20 heavy (non-hydrogen) atoms. The van der Waals surface area contributed by atoms with E-state index in [4.69, 9.17) is 0 Å². The fourth-order valence-corrected chi connectivity index (χ4v) is 3.80. The number of benzene rings is 1. The Kier molecular flexibility index (Phi) is 3.69. The van der Waals surface area contributed by atoms with Crippen LogP contribution in [0.1, 0.15) is 37.6 Å². The number of ketones is 1. The number of anilines is 1. The van der Waals surface area contributed by atoms with Crippen molar-refractivity contribution in [1.82, 2.24) is 0 Å². The Balaban J connectivity index is 2.71. The van der Waals surface area contributed by atoms with Crippen LogP contribution >= 0.6 is 0 Å². The van der Waals surface area contributed by atoms with Gasteiger partial charge in [-0.25, -0.2) is 8.42 Å². The standard InChI is InChI=1S/C14H17NO4S/c1-4-7-15-12-8-11(9(2)16)5-6-13(12)20(18,19)10(3)14(15)17/h5-6,8,10H,4,7H2,1-3H3. The maximum atomic E-state index is 12.3. The zero-order chi connectivity index (χ0) is 15.1. The Hall–Kier alpha value is -1.69. The molecule has 0 saturated heterocycles. The lowest BCUT2D eigenvalue weighted by Crippen LogP contribution is -2.46. The number of hydrogen-bond donors (Lipinski definition) is 0. The minimum Gasteiger partial charge on any atom is -0.310 e. The molecule has 1 aromatic carbocycles. The lowest BCUT2D eigenvalue weighted by atomic mass is 10.1. The molecule has 1 heterocycles. The molecule has 0 fully saturated rings. The van der Waals surface area contributed by atoms with Crippen LogP contribution in [-0.2, 0) is 14.6 Å². The Morgan fingerprint density at radius 3 is 2.55 bits per heavy atom. The van der Waals surface area contributed by atoms with Crippen LogP contribution in [0.4, 0.5) is 5.69 Å². The fourth-order valence-electron chi connectivity index (χ4n) is 2.30. The Morgan fingerprint density at radius 1 is 1.35 bits per heavy atom. The Bertz CT molecular complexity index is 678. The van der Waals surface area contributed by atoms with Crippen molar-refractivity contribution in [2.75, 3.05) is 11.4 Å². The third-order valence-corrected chi connectivity index (χ3v) is 5.58. The third-order valence-electron chi connectivity index (χ3n) is 3.49. The van der Waals surface area contributed by atoms with Crippen LogP contribution in [0.25, 0.3) is 0 Å². The van der Waals surface area contributed by atoms with Gasteiger partial charge in [-0.2, -0.15) is 0 Å². The molecule has 0 aromatic heterocycles. The van der Waals surface area contributed by atoms with Gasteiger partial charge in [-0.05, 0) is 38.5 Å². The second kappa shape index (κ2) is 5.01. The minimum atomic E-state index is -3.67. The van der Waals surface area contributed by atoms with E-state index in [0.717, 1.165) is 0 Å². The molecule has 0 N–H and O–H groups in total. The molecule has 0 aliphatic carbocycles. The van der Waals surface area contributed by atoms with E-state index >= 15 is 0 Å². The summed E-state index contributed by atoms with van der Waals surface area (Å²) in [4.78, 5) is 25.3. The largest absolute Gasteiger partial charge is 0.310 e. The number of amides is 1. The Morgan fingerprint density at radius 2 is 2.00 bits per heavy atom. The molecule has 1 aliphatic rings. The molecular formula is C14H17NO4S. The number of Topliss-reactive ketones (excluding diaryl/α,β-unsaturated/α-hetero) is 1. The van der Waals surface area contributed by atoms with E-state index in [9.17, 15) is 18.0 Å². The average molecular weight is 295 g/mol. The van der Waals surface area contributed by atoms with Crippen molar-refractivity contribution in [2.24, 2.45) is 0 Å². The molecule has 0 spiro atoms. The zero-order valence-electron chi connectivity index (χ0n) is 11.7. The molecule has 6 heteroatoms. The van der Waals surface area contributed by atoms with Gasteiger partial charge in [0.25, 0.3) is 0 Å². The quantitative estimate of drug-likeness (QED) is 0.797. The summed E-state index contributed by atoms with van der Waals surface area (Å²) in [6.07, 6.45) is 0.711. The lowest BCUT2D eigenvalue weighted by molar-refractivity contribution is -0.118. The van der Waals surface area contributed by atoms with Crippen molar-refractivity contribution in [1.29, 1.82) is 0 Å². The summed E-state index contributed by atoms with van der Waals surface area (Å²) < 4.78 is 24.6. The van der Waals surface area contributed by atoms with E-state index in [1.165, 1.54) is 36.9 Å². The van der Waals surface area contributed by atoms with Crippen LogP contribution in [0, 0.1) is 0 Å². The van der Waals surface area contributed by atoms with Crippen molar-refractivity contribution in [3.8, 4) is 0 Å². The average Bonchev–Trinajstić information content (AvgIpc) is 2.41. The molecule has 1 aromatic rings. The number of nitrogens with zero attached hydrogens (tertiary/aromatic N) is 1. The highest BCUT2D eigenvalue weighted by atomic mass is 32.2. The van der Waals surface area contributed by atoms with Crippen LogP contribution in [0.3, 0.4) is 0 Å². The number of rotatable bonds is 3. The van der Waals surface area contributed by atoms with Crippen molar-refractivity contribution in [3.05, 3.63) is 23.8 Å². The molecule has 2 rings (SSSR count). The van der Waals surface area contributed by atoms with Gasteiger partial charge < -0.3 is 4.90 Å². The normalized spacial score (nSPS) is 20.6. The summed E-state index contributed by atoms with van der Waals surface area (Å²) >= 11 is 0. The number of carbonyl (C=O) groups excluding carboxylic acids is 2. The summed E-state index contributed by atoms with van der Waals surface area (Å²) in [5, 5.41) is -1.08. The molecule has 0 saturated carbocycles. The van der Waals surface area contributed by atoms with Crippen molar-refractivity contribution < 1.29 is 18.0 Å². The van der Waals surface area contributed by atoms with Gasteiger partial charge in [-0.1, -0.05) is 6.92 Å². The number of fused-ring (bicyclic) bond motifs is 1. The molecule has 1 amide bonds. The molecule has 1 atom stereocenters. The van der Waals surface area contributed by atoms with E-state index in [-0.39, 0.29) is 10.7 Å². The topological polar surface area (TPSA) is 71.5 Å². The second-order valence-corrected chi connectivity index (χ2v) is 7.15. The highest BCUT2D eigenvalue weighted by Gasteiger charge is 2.41. The van der Waals surface area contributed by atoms with Crippen LogP contribution in [0.5, 0.6) is 0 Å². The van der Waals surface area contributed by atoms with Crippen LogP contribution < -0.4 is 4.90 Å². The SMILES string of the molecule is CCCN1C(=O)C(C)S(=O)(=O)c2ccc(C(C)=O)cc21. The third kappa shape index (κ3) is 2.14. The summed E-state index contributed by atoms with van der Waals surface area (Å²) in [6, 6.07) is 4.41. The fraction of sp³-hybridized carbons (Fsp3) is 0.429. The maximum absolute atomic E-state index is 12.3. The summed E-state index contributed by atoms with van der Waals surface area (Å²) in [6.45, 7) is 5.17. The molecule has 0 radical (unpaired) electrons. The summed E-state index contributed by atoms with van der Waals surface area (Å²) in [5.74, 6) is -0.590. The first-order valence-electron chi connectivity index (χ1n) is 6.51. The van der Waals surface area contributed by atoms with Crippen LogP contribution in [-0.4, -0.2) is 31.9 Å². The monoisotopic (exact) mass is 295 g/mol. The summed E-state index contributed by atoms with van der Waals surface area (Å²) in [5.41, 5.74) is 0.727. The Labute approximate surface area is 118 Å². The van der Waals surface area contributed by atoms with Gasteiger partial charge in [0, 0.05) is 12.1 Å². The first kappa shape index (κ1) is 14.7. The van der Waals surface area contributed by atoms with E-state index < -0.39 is 21.0 Å². The highest BCUT2D eigenvalue weighted by molar-refractivity contribution is 7.93. The number of sulfone groups is 1. The van der Waals surface area contributed by atoms with Crippen molar-refractivity contribution in [2.45, 2.75) is 37.3 Å². The molecular weight excluding hydrogens is 278 g/mol. The van der Waals surface area contributed by atoms with Gasteiger partial charge in [-0.3, -0.25) is 9.59 Å². The van der Waals surface area contributed by atoms with Gasteiger partial charge in [0.15, 0.2) is 15.6 Å². The lowest BCUT2D eigenvalue weighted by Gasteiger charge is -2.32. The minimum absolute atomic E-state index is 0.128. The van der Waals surface area contributed by atoms with Gasteiger partial charge in [0.2, 0.25) is 5.91 Å². The van der Waals surface area contributed by atoms with Crippen LogP contribution in [0.2, 0.25) is 0 Å². The molecule has 1 unspecified atom stereocenters. The van der Waals surface area contributed by atoms with Crippen molar-refractivity contribution >= 4 is 27.2 Å². The predicted octanol–water partition coefficient (Wildman–Crippen LogP) is 1.81. The second-order valence-electron chi connectivity index (χ2n) is 4.92. The molecule has 1 aliphatic heterocycles. The van der Waals surface area contributed by atoms with E-state index in [1.54, 1.807) is 0 Å². The summed E-state index contributed by atoms with van der Waals surface area (Å²) in [7, 11) is -3.67. The molecule has 108 valence electrons. The van der Waals surface area contributed by atoms with Gasteiger partial charge in [0.05, 0.1) is 10.6 Å². The predicted molar refractivity (Wildman–Crippen MR) is 75.7 cm³/mol. The highest BCUT2D eigenvalue weighted by Crippen LogP contribution is 2.35. The maximum Gasteiger partial charge on any atom is 0.245 e. The number of hydrogen-bond acceptors (Lipinski definition) is 4. The zero-order valence-corrected chi connectivity index (χ0v) is 12.5. The first-order valence-corrected chi connectivity index (χ1v) is 8.05. The van der Waals surface area contributed by atoms with E-state index in [0.29, 0.717) is 24.2 Å². The molecule has 5 nitrogen and oxygen atoms in total. The first-order chi connectivity index (χ1) is 9.30. The smallest absolute Gasteiger partial charge is 0.245 e. The van der Waals surface area contributed by atoms with Crippen LogP contribution in [0.15, 0.2) is 23.1 Å². The van der Waals surface area contributed by atoms with Crippen molar-refractivity contribution in [3.63, 3.8) is 0 Å². The van der Waals surface area contributed by atoms with E-state index in [2.05, 4.69) is 0 Å². The van der Waals surface area contributed by atoms with Gasteiger partial charge in [0.1, 0.15) is 5.25 Å². The van der Waals surface area contributed by atoms with Gasteiger partial charge in [-0.15, -0.1) is 0 Å². The van der Waals surface area contributed by atoms with E-state index in [1.807, 2.05) is 6.92 Å². The number of carbonyl (C=O) groups is 2.